The van der Waals surface area contributed by atoms with Gasteiger partial charge in [0.2, 0.25) is 5.91 Å². The summed E-state index contributed by atoms with van der Waals surface area (Å²) in [5, 5.41) is 0. The Kier molecular flexibility index (Phi) is 3.36. The molecule has 0 saturated heterocycles. The van der Waals surface area contributed by atoms with Gasteiger partial charge < -0.3 is 10.1 Å². The summed E-state index contributed by atoms with van der Waals surface area (Å²) in [6.07, 6.45) is 1.93. The van der Waals surface area contributed by atoms with Crippen LogP contribution >= 0.6 is 0 Å². The van der Waals surface area contributed by atoms with Gasteiger partial charge in [0.05, 0.1) is 17.9 Å². The van der Waals surface area contributed by atoms with E-state index in [9.17, 15) is 4.79 Å². The topological polar surface area (TPSA) is 81.7 Å². The molecule has 6 nitrogen and oxygen atoms in total. The minimum absolute atomic E-state index is 0.143. The average Bonchev–Trinajstić information content (AvgIpc) is 2.60. The van der Waals surface area contributed by atoms with E-state index in [1.807, 2.05) is 35.7 Å². The van der Waals surface area contributed by atoms with Crippen LogP contribution in [0.4, 0.5) is 0 Å². The first kappa shape index (κ1) is 11.6. The van der Waals surface area contributed by atoms with Crippen LogP contribution in [0.25, 0.3) is 5.65 Å². The number of aromatic nitrogens is 2. The Morgan fingerprint density at radius 2 is 2.41 bits per heavy atom. The van der Waals surface area contributed by atoms with Gasteiger partial charge in [0.25, 0.3) is 0 Å². The molecule has 90 valence electrons. The van der Waals surface area contributed by atoms with Crippen molar-refractivity contribution in [1.82, 2.24) is 14.9 Å². The molecule has 2 rings (SSSR count). The molecule has 0 aliphatic rings. The largest absolute Gasteiger partial charge is 0.368 e. The summed E-state index contributed by atoms with van der Waals surface area (Å²) >= 11 is 0. The number of nitrogens with two attached hydrogens (primary N) is 1. The molecule has 0 spiro atoms. The Labute approximate surface area is 98.3 Å². The summed E-state index contributed by atoms with van der Waals surface area (Å²) < 4.78 is 1.97. The van der Waals surface area contributed by atoms with Crippen LogP contribution in [-0.2, 0) is 16.2 Å². The number of hydroxylamine groups is 1. The fraction of sp³-hybridized carbons (Fsp3) is 0.273. The predicted octanol–water partition coefficient (Wildman–Crippen LogP) is 0.149. The first-order valence-corrected chi connectivity index (χ1v) is 5.24. The van der Waals surface area contributed by atoms with Crippen molar-refractivity contribution in [3.63, 3.8) is 0 Å². The molecule has 1 amide bonds. The summed E-state index contributed by atoms with van der Waals surface area (Å²) in [5.74, 6) is -0.507. The summed E-state index contributed by atoms with van der Waals surface area (Å²) in [6, 6.07) is 5.80. The quantitative estimate of drug-likeness (QED) is 0.570. The highest BCUT2D eigenvalue weighted by molar-refractivity contribution is 5.74. The van der Waals surface area contributed by atoms with Crippen molar-refractivity contribution in [3.8, 4) is 0 Å². The number of nitrogens with zero attached hydrogens (tertiary/aromatic N) is 2. The highest BCUT2D eigenvalue weighted by Crippen LogP contribution is 2.11. The van der Waals surface area contributed by atoms with Crippen molar-refractivity contribution in [2.24, 2.45) is 5.73 Å². The van der Waals surface area contributed by atoms with Crippen molar-refractivity contribution in [2.45, 2.75) is 13.5 Å². The van der Waals surface area contributed by atoms with Crippen molar-refractivity contribution in [2.75, 3.05) is 6.61 Å². The first-order chi connectivity index (χ1) is 8.18. The molecule has 17 heavy (non-hydrogen) atoms. The smallest absolute Gasteiger partial charge is 0.245 e. The molecule has 0 fully saturated rings. The lowest BCUT2D eigenvalue weighted by molar-refractivity contribution is -0.125. The number of aryl methyl sites for hydroxylation is 1. The van der Waals surface area contributed by atoms with Gasteiger partial charge in [0.15, 0.2) is 0 Å². The molecule has 0 unspecified atom stereocenters. The molecule has 0 aliphatic heterocycles. The third kappa shape index (κ3) is 2.61. The molecule has 2 aromatic rings. The molecule has 0 saturated carbocycles. The zero-order valence-electron chi connectivity index (χ0n) is 9.51. The predicted molar refractivity (Wildman–Crippen MR) is 61.9 cm³/mol. The normalized spacial score (nSPS) is 10.9. The molecular weight excluding hydrogens is 220 g/mol. The SMILES string of the molecule is Cc1nc2ccccn2c1CNOCC(N)=O. The van der Waals surface area contributed by atoms with Crippen molar-refractivity contribution >= 4 is 11.6 Å². The van der Waals surface area contributed by atoms with Gasteiger partial charge in [-0.2, -0.15) is 5.48 Å². The number of carbonyl (C=O) groups excluding carboxylic acids is 1. The van der Waals surface area contributed by atoms with Crippen LogP contribution in [-0.4, -0.2) is 21.9 Å². The highest BCUT2D eigenvalue weighted by Gasteiger charge is 2.07. The lowest BCUT2D eigenvalue weighted by atomic mass is 10.3. The first-order valence-electron chi connectivity index (χ1n) is 5.24. The lowest BCUT2D eigenvalue weighted by Gasteiger charge is -2.05. The number of carbonyl (C=O) groups is 1. The molecule has 0 aliphatic carbocycles. The van der Waals surface area contributed by atoms with Gasteiger partial charge in [0.1, 0.15) is 12.3 Å². The second kappa shape index (κ2) is 4.94. The number of imidazole rings is 1. The zero-order chi connectivity index (χ0) is 12.3. The van der Waals surface area contributed by atoms with E-state index in [1.54, 1.807) is 0 Å². The standard InChI is InChI=1S/C11H14N4O2/c1-8-9(6-13-17-7-10(12)16)15-5-3-2-4-11(15)14-8/h2-5,13H,6-7H2,1H3,(H2,12,16). The van der Waals surface area contributed by atoms with Crippen LogP contribution in [0.15, 0.2) is 24.4 Å². The maximum atomic E-state index is 10.5. The number of amides is 1. The van der Waals surface area contributed by atoms with E-state index in [1.165, 1.54) is 0 Å². The third-order valence-electron chi connectivity index (χ3n) is 2.39. The minimum Gasteiger partial charge on any atom is -0.368 e. The van der Waals surface area contributed by atoms with Gasteiger partial charge in [-0.3, -0.25) is 9.63 Å². The summed E-state index contributed by atoms with van der Waals surface area (Å²) in [5.41, 5.74) is 10.4. The van der Waals surface area contributed by atoms with Crippen LogP contribution in [0.5, 0.6) is 0 Å². The van der Waals surface area contributed by atoms with Crippen LogP contribution in [0, 0.1) is 6.92 Å². The number of nitrogens with one attached hydrogen (secondary N) is 1. The van der Waals surface area contributed by atoms with Gasteiger partial charge in [-0.25, -0.2) is 4.98 Å². The number of fused-ring (bicyclic) bond motifs is 1. The molecule has 3 N–H and O–H groups in total. The van der Waals surface area contributed by atoms with Gasteiger partial charge in [-0.15, -0.1) is 0 Å². The molecule has 0 radical (unpaired) electrons. The number of pyridine rings is 1. The Morgan fingerprint density at radius 1 is 1.59 bits per heavy atom. The third-order valence-corrected chi connectivity index (χ3v) is 2.39. The Morgan fingerprint density at radius 3 is 3.18 bits per heavy atom. The number of primary amides is 1. The van der Waals surface area contributed by atoms with E-state index < -0.39 is 5.91 Å². The Hall–Kier alpha value is -1.92. The number of hydrogen-bond acceptors (Lipinski definition) is 4. The average molecular weight is 234 g/mol. The molecule has 0 bridgehead atoms. The van der Waals surface area contributed by atoms with E-state index in [4.69, 9.17) is 10.6 Å². The number of hydrogen-bond donors (Lipinski definition) is 2. The highest BCUT2D eigenvalue weighted by atomic mass is 16.6. The van der Waals surface area contributed by atoms with E-state index in [2.05, 4.69) is 10.5 Å². The second-order valence-corrected chi connectivity index (χ2v) is 3.65. The van der Waals surface area contributed by atoms with Crippen LogP contribution in [0.2, 0.25) is 0 Å². The van der Waals surface area contributed by atoms with Crippen molar-refractivity contribution in [1.29, 1.82) is 0 Å². The van der Waals surface area contributed by atoms with Gasteiger partial charge in [-0.1, -0.05) is 6.07 Å². The number of rotatable bonds is 5. The molecule has 0 aromatic carbocycles. The van der Waals surface area contributed by atoms with Crippen LogP contribution < -0.4 is 11.2 Å². The van der Waals surface area contributed by atoms with Gasteiger partial charge in [0, 0.05) is 6.20 Å². The van der Waals surface area contributed by atoms with E-state index in [0.29, 0.717) is 6.54 Å². The van der Waals surface area contributed by atoms with Crippen molar-refractivity contribution < 1.29 is 9.63 Å². The van der Waals surface area contributed by atoms with E-state index >= 15 is 0 Å². The lowest BCUT2D eigenvalue weighted by Crippen LogP contribution is -2.25. The fourth-order valence-corrected chi connectivity index (χ4v) is 1.62. The fourth-order valence-electron chi connectivity index (χ4n) is 1.62. The molecular formula is C11H14N4O2. The molecule has 6 heteroatoms. The summed E-state index contributed by atoms with van der Waals surface area (Å²) in [7, 11) is 0. The molecule has 2 aromatic heterocycles. The maximum Gasteiger partial charge on any atom is 0.245 e. The second-order valence-electron chi connectivity index (χ2n) is 3.65. The Bertz CT molecular complexity index is 535. The summed E-state index contributed by atoms with van der Waals surface area (Å²) in [6.45, 7) is 2.25. The monoisotopic (exact) mass is 234 g/mol. The van der Waals surface area contributed by atoms with Gasteiger partial charge in [-0.05, 0) is 19.1 Å². The zero-order valence-corrected chi connectivity index (χ0v) is 9.51. The van der Waals surface area contributed by atoms with E-state index in [0.717, 1.165) is 17.0 Å². The molecule has 0 atom stereocenters. The summed E-state index contributed by atoms with van der Waals surface area (Å²) in [4.78, 5) is 19.8. The van der Waals surface area contributed by atoms with Gasteiger partial charge >= 0.3 is 0 Å². The molecule has 2 heterocycles. The maximum absolute atomic E-state index is 10.5. The van der Waals surface area contributed by atoms with Crippen LogP contribution in [0.1, 0.15) is 11.4 Å². The van der Waals surface area contributed by atoms with Crippen LogP contribution in [0.3, 0.4) is 0 Å². The Balaban J connectivity index is 2.07. The van der Waals surface area contributed by atoms with Crippen molar-refractivity contribution in [3.05, 3.63) is 35.8 Å². The minimum atomic E-state index is -0.507. The van der Waals surface area contributed by atoms with E-state index in [-0.39, 0.29) is 6.61 Å².